The number of allylic oxidation sites excluding steroid dienone is 3. The summed E-state index contributed by atoms with van der Waals surface area (Å²) in [4.78, 5) is 24.9. The molecule has 1 saturated heterocycles. The first-order valence-corrected chi connectivity index (χ1v) is 6.81. The Balaban J connectivity index is 2.14. The van der Waals surface area contributed by atoms with Crippen molar-refractivity contribution in [2.45, 2.75) is 31.7 Å². The number of aliphatic hydroxyl groups excluding tert-OH is 1. The average molecular weight is 299 g/mol. The maximum Gasteiger partial charge on any atom is 0.245 e. The molecular formula is C14H15ClO5. The van der Waals surface area contributed by atoms with Crippen molar-refractivity contribution < 1.29 is 24.5 Å². The van der Waals surface area contributed by atoms with Gasteiger partial charge in [0.25, 0.3) is 0 Å². The lowest BCUT2D eigenvalue weighted by molar-refractivity contribution is -0.247. The highest BCUT2D eigenvalue weighted by molar-refractivity contribution is 6.37. The molecule has 108 valence electrons. The summed E-state index contributed by atoms with van der Waals surface area (Å²) in [5.41, 5.74) is -2.39. The van der Waals surface area contributed by atoms with Crippen LogP contribution in [-0.2, 0) is 14.3 Å². The first-order valence-electron chi connectivity index (χ1n) is 6.43. The van der Waals surface area contributed by atoms with E-state index in [1.54, 1.807) is 13.8 Å². The smallest absolute Gasteiger partial charge is 0.245 e. The average Bonchev–Trinajstić information content (AvgIpc) is 3.15. The van der Waals surface area contributed by atoms with Crippen LogP contribution in [0.25, 0.3) is 0 Å². The summed E-state index contributed by atoms with van der Waals surface area (Å²) < 4.78 is 5.46. The van der Waals surface area contributed by atoms with Crippen molar-refractivity contribution in [3.63, 3.8) is 0 Å². The van der Waals surface area contributed by atoms with E-state index in [1.807, 2.05) is 0 Å². The summed E-state index contributed by atoms with van der Waals surface area (Å²) in [6.07, 6.45) is 3.00. The van der Waals surface area contributed by atoms with Crippen molar-refractivity contribution >= 4 is 23.2 Å². The molecule has 3 rings (SSSR count). The molecule has 0 radical (unpaired) electrons. The molecule has 2 N–H and O–H groups in total. The zero-order valence-corrected chi connectivity index (χ0v) is 11.9. The molecule has 1 saturated carbocycles. The van der Waals surface area contributed by atoms with Crippen LogP contribution in [0.15, 0.2) is 22.8 Å². The molecule has 0 aromatic carbocycles. The lowest BCUT2D eigenvalue weighted by atomic mass is 9.77. The van der Waals surface area contributed by atoms with Gasteiger partial charge in [-0.25, -0.2) is 0 Å². The molecule has 20 heavy (non-hydrogen) atoms. The van der Waals surface area contributed by atoms with E-state index in [-0.39, 0.29) is 28.9 Å². The Morgan fingerprint density at radius 3 is 2.80 bits per heavy atom. The summed E-state index contributed by atoms with van der Waals surface area (Å²) in [7, 11) is 0. The fourth-order valence-corrected chi connectivity index (χ4v) is 3.69. The van der Waals surface area contributed by atoms with E-state index in [0.717, 1.165) is 0 Å². The Labute approximate surface area is 120 Å². The molecule has 0 aromatic heterocycles. The second kappa shape index (κ2) is 3.80. The minimum absolute atomic E-state index is 0.0415. The number of Topliss-reactive ketones (excluding diaryl/α,β-unsaturated/α-hetero) is 1. The highest BCUT2D eigenvalue weighted by Gasteiger charge is 2.85. The second-order valence-corrected chi connectivity index (χ2v) is 6.24. The van der Waals surface area contributed by atoms with Crippen LogP contribution in [0.5, 0.6) is 0 Å². The third-order valence-electron chi connectivity index (χ3n) is 4.78. The zero-order valence-electron chi connectivity index (χ0n) is 11.1. The van der Waals surface area contributed by atoms with Gasteiger partial charge in [-0.05, 0) is 26.3 Å². The van der Waals surface area contributed by atoms with Gasteiger partial charge >= 0.3 is 0 Å². The van der Waals surface area contributed by atoms with Crippen LogP contribution in [0.1, 0.15) is 20.3 Å². The molecule has 2 fully saturated rings. The van der Waals surface area contributed by atoms with E-state index >= 15 is 0 Å². The van der Waals surface area contributed by atoms with Crippen molar-refractivity contribution in [1.82, 2.24) is 0 Å². The van der Waals surface area contributed by atoms with Crippen molar-refractivity contribution in [3.05, 3.63) is 22.8 Å². The normalized spacial score (nSPS) is 47.0. The van der Waals surface area contributed by atoms with Crippen molar-refractivity contribution in [2.75, 3.05) is 6.61 Å². The van der Waals surface area contributed by atoms with Gasteiger partial charge in [0, 0.05) is 16.5 Å². The molecule has 1 spiro atoms. The summed E-state index contributed by atoms with van der Waals surface area (Å²) in [5, 5.41) is 20.3. The van der Waals surface area contributed by atoms with Gasteiger partial charge in [0.1, 0.15) is 5.41 Å². The van der Waals surface area contributed by atoms with E-state index in [9.17, 15) is 19.8 Å². The maximum absolute atomic E-state index is 12.5. The van der Waals surface area contributed by atoms with Crippen LogP contribution in [0.4, 0.5) is 0 Å². The molecule has 0 bridgehead atoms. The topological polar surface area (TPSA) is 83.8 Å². The van der Waals surface area contributed by atoms with E-state index in [2.05, 4.69) is 0 Å². The SMILES string of the molecule is C/C=C(\Cl)C1=CC(=O)[C@]23C[C@H]2[C@](C)(CO)O[C@]3(O)C1=O. The minimum Gasteiger partial charge on any atom is -0.393 e. The Morgan fingerprint density at radius 2 is 2.25 bits per heavy atom. The van der Waals surface area contributed by atoms with E-state index in [1.165, 1.54) is 12.2 Å². The molecule has 0 unspecified atom stereocenters. The molecule has 2 aliphatic carbocycles. The van der Waals surface area contributed by atoms with Gasteiger partial charge in [-0.2, -0.15) is 0 Å². The van der Waals surface area contributed by atoms with Crippen molar-refractivity contribution in [2.24, 2.45) is 11.3 Å². The van der Waals surface area contributed by atoms with Gasteiger partial charge in [-0.3, -0.25) is 9.59 Å². The van der Waals surface area contributed by atoms with E-state index in [0.29, 0.717) is 6.42 Å². The first kappa shape index (κ1) is 13.9. The number of hydrogen-bond acceptors (Lipinski definition) is 5. The fourth-order valence-electron chi connectivity index (χ4n) is 3.55. The lowest BCUT2D eigenvalue weighted by Crippen LogP contribution is -2.55. The first-order chi connectivity index (χ1) is 9.26. The van der Waals surface area contributed by atoms with E-state index in [4.69, 9.17) is 16.3 Å². The predicted octanol–water partition coefficient (Wildman–Crippen LogP) is 0.683. The number of ketones is 2. The predicted molar refractivity (Wildman–Crippen MR) is 69.8 cm³/mol. The largest absolute Gasteiger partial charge is 0.393 e. The van der Waals surface area contributed by atoms with Crippen LogP contribution in [-0.4, -0.2) is 39.8 Å². The Morgan fingerprint density at radius 1 is 1.60 bits per heavy atom. The molecular weight excluding hydrogens is 284 g/mol. The van der Waals surface area contributed by atoms with Gasteiger partial charge < -0.3 is 14.9 Å². The number of rotatable bonds is 2. The molecule has 1 aliphatic heterocycles. The van der Waals surface area contributed by atoms with Gasteiger partial charge in [-0.1, -0.05) is 17.7 Å². The molecule has 5 nitrogen and oxygen atoms in total. The summed E-state index contributed by atoms with van der Waals surface area (Å²) in [6.45, 7) is 2.86. The standard InChI is InChI=1S/C14H15ClO5/c1-3-8(15)7-4-10(17)13-5-9(13)12(2,6-16)20-14(13,19)11(7)18/h3-4,9,16,19H,5-6H2,1-2H3/b8-3-/t9-,12-,13-,14+/m0/s1. The third kappa shape index (κ3) is 1.29. The minimum atomic E-state index is -2.22. The summed E-state index contributed by atoms with van der Waals surface area (Å²) >= 11 is 5.92. The van der Waals surface area contributed by atoms with Crippen LogP contribution in [0.3, 0.4) is 0 Å². The monoisotopic (exact) mass is 298 g/mol. The molecule has 4 atom stereocenters. The van der Waals surface area contributed by atoms with Gasteiger partial charge in [0.05, 0.1) is 12.2 Å². The number of aliphatic hydroxyl groups is 2. The fraction of sp³-hybridized carbons (Fsp3) is 0.571. The molecule has 6 heteroatoms. The molecule has 0 aromatic rings. The van der Waals surface area contributed by atoms with Gasteiger partial charge in [-0.15, -0.1) is 0 Å². The highest BCUT2D eigenvalue weighted by atomic mass is 35.5. The van der Waals surface area contributed by atoms with Crippen molar-refractivity contribution in [3.8, 4) is 0 Å². The van der Waals surface area contributed by atoms with Crippen LogP contribution in [0.2, 0.25) is 0 Å². The third-order valence-corrected chi connectivity index (χ3v) is 5.20. The van der Waals surface area contributed by atoms with Crippen molar-refractivity contribution in [1.29, 1.82) is 0 Å². The van der Waals surface area contributed by atoms with Crippen LogP contribution >= 0.6 is 11.6 Å². The number of ether oxygens (including phenoxy) is 1. The molecule has 3 aliphatic rings. The number of halogens is 1. The number of carbonyl (C=O) groups is 2. The lowest BCUT2D eigenvalue weighted by Gasteiger charge is -2.36. The zero-order chi connectivity index (χ0) is 14.9. The van der Waals surface area contributed by atoms with E-state index < -0.39 is 22.6 Å². The summed E-state index contributed by atoms with van der Waals surface area (Å²) in [6, 6.07) is 0. The van der Waals surface area contributed by atoms with Crippen LogP contribution < -0.4 is 0 Å². The summed E-state index contributed by atoms with van der Waals surface area (Å²) in [5.74, 6) is -3.65. The Bertz CT molecular complexity index is 594. The quantitative estimate of drug-likeness (QED) is 0.783. The molecule has 0 amide bonds. The molecule has 1 heterocycles. The number of carbonyl (C=O) groups excluding carboxylic acids is 2. The second-order valence-electron chi connectivity index (χ2n) is 5.83. The Hall–Kier alpha value is -1.01. The van der Waals surface area contributed by atoms with Gasteiger partial charge in [0.15, 0.2) is 5.78 Å². The number of hydrogen-bond donors (Lipinski definition) is 2. The van der Waals surface area contributed by atoms with Gasteiger partial charge in [0.2, 0.25) is 11.6 Å². The Kier molecular flexibility index (Phi) is 2.65. The highest BCUT2D eigenvalue weighted by Crippen LogP contribution is 2.73. The maximum atomic E-state index is 12.5. The van der Waals surface area contributed by atoms with Crippen LogP contribution in [0, 0.1) is 11.3 Å².